The van der Waals surface area contributed by atoms with Crippen LogP contribution >= 0.6 is 11.6 Å². The molecule has 0 fully saturated rings. The molecule has 0 saturated heterocycles. The molecule has 0 radical (unpaired) electrons. The van der Waals surface area contributed by atoms with E-state index < -0.39 is 17.8 Å². The number of aromatic nitrogens is 1. The minimum Gasteiger partial charge on any atom is -0.408 e. The zero-order valence-corrected chi connectivity index (χ0v) is 20.5. The summed E-state index contributed by atoms with van der Waals surface area (Å²) in [6, 6.07) is 14.8. The Bertz CT molecular complexity index is 1420. The van der Waals surface area contributed by atoms with Gasteiger partial charge in [0.15, 0.2) is 5.75 Å². The molecule has 0 aliphatic heterocycles. The number of nitrogens with one attached hydrogen (secondary N) is 1. The molecular formula is C27H24ClF2N3O3. The lowest BCUT2D eigenvalue weighted by Crippen LogP contribution is -2.33. The first-order valence-electron chi connectivity index (χ1n) is 11.4. The first kappa shape index (κ1) is 25.2. The maximum absolute atomic E-state index is 13.8. The van der Waals surface area contributed by atoms with Gasteiger partial charge in [0.05, 0.1) is 21.8 Å². The van der Waals surface area contributed by atoms with E-state index >= 15 is 0 Å². The molecule has 1 N–H and O–H groups in total. The predicted octanol–water partition coefficient (Wildman–Crippen LogP) is 6.71. The summed E-state index contributed by atoms with van der Waals surface area (Å²) in [6.45, 7) is 5.01. The van der Waals surface area contributed by atoms with Gasteiger partial charge in [0.1, 0.15) is 11.6 Å². The molecule has 3 aromatic carbocycles. The number of anilines is 1. The highest BCUT2D eigenvalue weighted by Gasteiger charge is 2.21. The van der Waals surface area contributed by atoms with E-state index in [1.807, 2.05) is 24.6 Å². The van der Waals surface area contributed by atoms with E-state index in [9.17, 15) is 18.4 Å². The largest absolute Gasteiger partial charge is 0.415 e. The van der Waals surface area contributed by atoms with Crippen LogP contribution in [0, 0.1) is 11.6 Å². The fourth-order valence-corrected chi connectivity index (χ4v) is 4.09. The summed E-state index contributed by atoms with van der Waals surface area (Å²) >= 11 is 6.13. The zero-order valence-electron chi connectivity index (χ0n) is 19.7. The highest BCUT2D eigenvalue weighted by atomic mass is 35.5. The molecule has 0 spiro atoms. The predicted molar refractivity (Wildman–Crippen MR) is 136 cm³/mol. The Hall–Kier alpha value is -3.91. The van der Waals surface area contributed by atoms with E-state index in [1.165, 1.54) is 23.1 Å². The van der Waals surface area contributed by atoms with Crippen LogP contribution in [0.5, 0.6) is 5.75 Å². The smallest absolute Gasteiger partial charge is 0.408 e. The molecule has 186 valence electrons. The SMILES string of the molecule is CCN(CC)C(=O)Oc1ccc2c(ccn2Cc2ccc(F)cc2)c1NC(=O)c1cc(F)ccc1Cl. The molecule has 0 unspecified atom stereocenters. The molecular weight excluding hydrogens is 488 g/mol. The maximum Gasteiger partial charge on any atom is 0.415 e. The number of rotatable bonds is 7. The molecule has 9 heteroatoms. The number of halogens is 3. The average molecular weight is 512 g/mol. The summed E-state index contributed by atoms with van der Waals surface area (Å²) in [4.78, 5) is 27.3. The number of nitrogens with zero attached hydrogens (tertiary/aromatic N) is 2. The number of benzene rings is 3. The van der Waals surface area contributed by atoms with Crippen LogP contribution in [-0.4, -0.2) is 34.6 Å². The first-order chi connectivity index (χ1) is 17.3. The lowest BCUT2D eigenvalue weighted by molar-refractivity contribution is 0.102. The summed E-state index contributed by atoms with van der Waals surface area (Å²) < 4.78 is 34.7. The first-order valence-corrected chi connectivity index (χ1v) is 11.8. The van der Waals surface area contributed by atoms with Crippen LogP contribution in [-0.2, 0) is 6.54 Å². The lowest BCUT2D eigenvalue weighted by atomic mass is 10.1. The van der Waals surface area contributed by atoms with Gasteiger partial charge in [-0.2, -0.15) is 0 Å². The molecule has 1 heterocycles. The van der Waals surface area contributed by atoms with Gasteiger partial charge in [-0.3, -0.25) is 4.79 Å². The van der Waals surface area contributed by atoms with Gasteiger partial charge in [0.2, 0.25) is 0 Å². The van der Waals surface area contributed by atoms with Gasteiger partial charge in [-0.05, 0) is 67.9 Å². The number of carbonyl (C=O) groups excluding carboxylic acids is 2. The summed E-state index contributed by atoms with van der Waals surface area (Å²) in [5.41, 5.74) is 1.81. The van der Waals surface area contributed by atoms with Gasteiger partial charge >= 0.3 is 6.09 Å². The Morgan fingerprint density at radius 2 is 1.67 bits per heavy atom. The Morgan fingerprint density at radius 1 is 0.972 bits per heavy atom. The van der Waals surface area contributed by atoms with E-state index in [1.54, 1.807) is 30.3 Å². The van der Waals surface area contributed by atoms with E-state index in [0.717, 1.165) is 23.2 Å². The average Bonchev–Trinajstić information content (AvgIpc) is 3.27. The van der Waals surface area contributed by atoms with Crippen molar-refractivity contribution in [3.8, 4) is 5.75 Å². The van der Waals surface area contributed by atoms with E-state index in [0.29, 0.717) is 25.0 Å². The Balaban J connectivity index is 1.75. The number of ether oxygens (including phenoxy) is 1. The molecule has 0 bridgehead atoms. The van der Waals surface area contributed by atoms with Crippen molar-refractivity contribution in [3.05, 3.63) is 94.6 Å². The highest BCUT2D eigenvalue weighted by Crippen LogP contribution is 2.36. The van der Waals surface area contributed by atoms with Gasteiger partial charge in [-0.25, -0.2) is 13.6 Å². The van der Waals surface area contributed by atoms with Crippen molar-refractivity contribution in [1.82, 2.24) is 9.47 Å². The van der Waals surface area contributed by atoms with Gasteiger partial charge < -0.3 is 19.5 Å². The van der Waals surface area contributed by atoms with Crippen molar-refractivity contribution in [1.29, 1.82) is 0 Å². The lowest BCUT2D eigenvalue weighted by Gasteiger charge is -2.20. The minimum atomic E-state index is -0.654. The van der Waals surface area contributed by atoms with Crippen LogP contribution in [0.1, 0.15) is 29.8 Å². The quantitative estimate of drug-likeness (QED) is 0.300. The fraction of sp³-hybridized carbons (Fsp3) is 0.185. The standard InChI is InChI=1S/C27H24ClF2N3O3/c1-3-32(4-2)27(35)36-24-12-11-23-20(13-14-33(23)16-17-5-7-18(29)8-6-17)25(24)31-26(34)21-15-19(30)9-10-22(21)28/h5-15H,3-4,16H2,1-2H3,(H,31,34). The number of hydrogen-bond acceptors (Lipinski definition) is 3. The van der Waals surface area contributed by atoms with Crippen LogP contribution in [0.4, 0.5) is 19.3 Å². The van der Waals surface area contributed by atoms with E-state index in [-0.39, 0.29) is 27.8 Å². The maximum atomic E-state index is 13.8. The topological polar surface area (TPSA) is 63.6 Å². The molecule has 0 atom stereocenters. The monoisotopic (exact) mass is 511 g/mol. The van der Waals surface area contributed by atoms with Crippen molar-refractivity contribution < 1.29 is 23.1 Å². The number of hydrogen-bond donors (Lipinski definition) is 1. The summed E-state index contributed by atoms with van der Waals surface area (Å²) in [5, 5.41) is 3.43. The van der Waals surface area contributed by atoms with Gasteiger partial charge in [0.25, 0.3) is 5.91 Å². The van der Waals surface area contributed by atoms with E-state index in [4.69, 9.17) is 16.3 Å². The zero-order chi connectivity index (χ0) is 25.8. The Morgan fingerprint density at radius 3 is 2.36 bits per heavy atom. The van der Waals surface area contributed by atoms with E-state index in [2.05, 4.69) is 5.32 Å². The molecule has 36 heavy (non-hydrogen) atoms. The molecule has 4 rings (SSSR count). The molecule has 0 aliphatic rings. The van der Waals surface area contributed by atoms with Crippen LogP contribution in [0.2, 0.25) is 5.02 Å². The highest BCUT2D eigenvalue weighted by molar-refractivity contribution is 6.34. The second-order valence-corrected chi connectivity index (χ2v) is 8.47. The number of carbonyl (C=O) groups is 2. The van der Waals surface area contributed by atoms with Gasteiger partial charge in [-0.1, -0.05) is 23.7 Å². The van der Waals surface area contributed by atoms with Crippen LogP contribution in [0.25, 0.3) is 10.9 Å². The minimum absolute atomic E-state index is 0.0552. The van der Waals surface area contributed by atoms with Crippen molar-refractivity contribution in [2.75, 3.05) is 18.4 Å². The van der Waals surface area contributed by atoms with Crippen molar-refractivity contribution in [3.63, 3.8) is 0 Å². The molecule has 0 saturated carbocycles. The summed E-state index contributed by atoms with van der Waals surface area (Å²) in [7, 11) is 0. The number of amides is 2. The third-order valence-corrected chi connectivity index (χ3v) is 6.14. The molecule has 0 aliphatic carbocycles. The molecule has 6 nitrogen and oxygen atoms in total. The summed E-state index contributed by atoms with van der Waals surface area (Å²) in [5.74, 6) is -1.45. The molecule has 4 aromatic rings. The van der Waals surface area contributed by atoms with Gasteiger partial charge in [0, 0.05) is 31.2 Å². The van der Waals surface area contributed by atoms with Crippen molar-refractivity contribution in [2.45, 2.75) is 20.4 Å². The van der Waals surface area contributed by atoms with Crippen molar-refractivity contribution in [2.24, 2.45) is 0 Å². The second-order valence-electron chi connectivity index (χ2n) is 8.06. The van der Waals surface area contributed by atoms with Crippen LogP contribution < -0.4 is 10.1 Å². The van der Waals surface area contributed by atoms with Gasteiger partial charge in [-0.15, -0.1) is 0 Å². The van der Waals surface area contributed by atoms with Crippen LogP contribution in [0.15, 0.2) is 66.9 Å². The van der Waals surface area contributed by atoms with Crippen LogP contribution in [0.3, 0.4) is 0 Å². The second kappa shape index (κ2) is 10.8. The third-order valence-electron chi connectivity index (χ3n) is 5.81. The molecule has 2 amide bonds. The van der Waals surface area contributed by atoms with Crippen molar-refractivity contribution >= 4 is 40.2 Å². The number of fused-ring (bicyclic) bond motifs is 1. The summed E-state index contributed by atoms with van der Waals surface area (Å²) in [6.07, 6.45) is 1.25. The molecule has 1 aromatic heterocycles. The third kappa shape index (κ3) is 5.33. The fourth-order valence-electron chi connectivity index (χ4n) is 3.88. The Kier molecular flexibility index (Phi) is 7.55. The Labute approximate surface area is 212 Å². The normalized spacial score (nSPS) is 10.9.